The molecule has 18 heavy (non-hydrogen) atoms. The summed E-state index contributed by atoms with van der Waals surface area (Å²) < 4.78 is 0.920. The van der Waals surface area contributed by atoms with E-state index in [0.717, 1.165) is 36.0 Å². The zero-order chi connectivity index (χ0) is 13.0. The number of nitrogens with one attached hydrogen (secondary N) is 1. The van der Waals surface area contributed by atoms with Crippen molar-refractivity contribution < 1.29 is 4.79 Å². The van der Waals surface area contributed by atoms with Gasteiger partial charge in [-0.15, -0.1) is 0 Å². The Bertz CT molecular complexity index is 422. The highest BCUT2D eigenvalue weighted by Gasteiger charge is 2.25. The Labute approximate surface area is 117 Å². The molecule has 0 spiro atoms. The largest absolute Gasteiger partial charge is 0.322 e. The Morgan fingerprint density at radius 2 is 2.22 bits per heavy atom. The molecule has 4 heteroatoms. The molecule has 2 rings (SSSR count). The average molecular weight is 311 g/mol. The first-order valence-corrected chi connectivity index (χ1v) is 7.34. The molecular weight excluding hydrogens is 292 g/mol. The maximum atomic E-state index is 12.3. The van der Waals surface area contributed by atoms with Crippen LogP contribution < -0.4 is 5.32 Å². The summed E-state index contributed by atoms with van der Waals surface area (Å²) in [7, 11) is 0. The lowest BCUT2D eigenvalue weighted by atomic mass is 10.0. The van der Waals surface area contributed by atoms with Gasteiger partial charge in [-0.3, -0.25) is 0 Å². The summed E-state index contributed by atoms with van der Waals surface area (Å²) in [6, 6.07) is 8.12. The monoisotopic (exact) mass is 310 g/mol. The molecule has 1 heterocycles. The number of carbonyl (C=O) groups is 1. The molecule has 0 unspecified atom stereocenters. The zero-order valence-electron chi connectivity index (χ0n) is 10.7. The summed E-state index contributed by atoms with van der Waals surface area (Å²) in [5.41, 5.74) is 0.836. The van der Waals surface area contributed by atoms with Crippen molar-refractivity contribution in [1.29, 1.82) is 0 Å². The van der Waals surface area contributed by atoms with Gasteiger partial charge in [0.15, 0.2) is 0 Å². The normalized spacial score (nSPS) is 19.7. The summed E-state index contributed by atoms with van der Waals surface area (Å²) in [4.78, 5) is 14.3. The van der Waals surface area contributed by atoms with Gasteiger partial charge in [0, 0.05) is 17.1 Å². The van der Waals surface area contributed by atoms with E-state index in [9.17, 15) is 4.79 Å². The van der Waals surface area contributed by atoms with Gasteiger partial charge in [0.2, 0.25) is 0 Å². The Kier molecular flexibility index (Phi) is 4.64. The van der Waals surface area contributed by atoms with Crippen LogP contribution in [0.4, 0.5) is 10.5 Å². The van der Waals surface area contributed by atoms with Crippen LogP contribution in [0.15, 0.2) is 28.7 Å². The number of carbonyl (C=O) groups excluding carboxylic acids is 1. The summed E-state index contributed by atoms with van der Waals surface area (Å²) in [5.74, 6) is 0. The molecule has 1 saturated heterocycles. The number of nitrogens with zero attached hydrogens (tertiary/aromatic N) is 1. The molecule has 0 bridgehead atoms. The second-order valence-corrected chi connectivity index (χ2v) is 5.52. The van der Waals surface area contributed by atoms with Crippen molar-refractivity contribution in [1.82, 2.24) is 4.90 Å². The maximum Gasteiger partial charge on any atom is 0.322 e. The molecule has 1 aliphatic heterocycles. The number of benzene rings is 1. The number of amides is 2. The smallest absolute Gasteiger partial charge is 0.322 e. The van der Waals surface area contributed by atoms with Gasteiger partial charge in [-0.05, 0) is 53.7 Å². The van der Waals surface area contributed by atoms with Crippen molar-refractivity contribution >= 4 is 27.6 Å². The van der Waals surface area contributed by atoms with Crippen molar-refractivity contribution in [2.45, 2.75) is 38.6 Å². The number of halogens is 1. The number of anilines is 1. The van der Waals surface area contributed by atoms with Crippen molar-refractivity contribution in [3.8, 4) is 0 Å². The second kappa shape index (κ2) is 6.23. The standard InChI is InChI=1S/C14H19BrN2O/c1-2-11-7-5-6-10-17(11)14(18)16-13-9-4-3-8-12(13)15/h3-4,8-9,11H,2,5-7,10H2,1H3,(H,16,18)/t11-/m0/s1. The first-order chi connectivity index (χ1) is 8.72. The van der Waals surface area contributed by atoms with Crippen molar-refractivity contribution in [3.05, 3.63) is 28.7 Å². The molecule has 1 aromatic carbocycles. The highest BCUT2D eigenvalue weighted by molar-refractivity contribution is 9.10. The molecule has 3 nitrogen and oxygen atoms in total. The van der Waals surface area contributed by atoms with Crippen LogP contribution in [0, 0.1) is 0 Å². The third-order valence-electron chi connectivity index (χ3n) is 3.47. The fraction of sp³-hybridized carbons (Fsp3) is 0.500. The van der Waals surface area contributed by atoms with E-state index < -0.39 is 0 Å². The minimum Gasteiger partial charge on any atom is -0.322 e. The summed E-state index contributed by atoms with van der Waals surface area (Å²) in [5, 5.41) is 2.98. The number of rotatable bonds is 2. The number of hydrogen-bond acceptors (Lipinski definition) is 1. The van der Waals surface area contributed by atoms with Gasteiger partial charge in [0.25, 0.3) is 0 Å². The van der Waals surface area contributed by atoms with Gasteiger partial charge in [-0.2, -0.15) is 0 Å². The number of hydrogen-bond donors (Lipinski definition) is 1. The van der Waals surface area contributed by atoms with Crippen LogP contribution in [0.25, 0.3) is 0 Å². The van der Waals surface area contributed by atoms with Crippen LogP contribution in [-0.4, -0.2) is 23.5 Å². The molecule has 0 aliphatic carbocycles. The van der Waals surface area contributed by atoms with E-state index in [0.29, 0.717) is 6.04 Å². The van der Waals surface area contributed by atoms with Gasteiger partial charge in [-0.1, -0.05) is 19.1 Å². The molecule has 1 aromatic rings. The second-order valence-electron chi connectivity index (χ2n) is 4.66. The Hall–Kier alpha value is -1.03. The predicted octanol–water partition coefficient (Wildman–Crippen LogP) is 4.25. The highest BCUT2D eigenvalue weighted by Crippen LogP contribution is 2.24. The Balaban J connectivity index is 2.05. The molecule has 0 aromatic heterocycles. The Morgan fingerprint density at radius 1 is 1.44 bits per heavy atom. The zero-order valence-corrected chi connectivity index (χ0v) is 12.2. The third kappa shape index (κ3) is 3.05. The third-order valence-corrected chi connectivity index (χ3v) is 4.17. The molecule has 98 valence electrons. The molecule has 0 radical (unpaired) electrons. The van der Waals surface area contributed by atoms with Gasteiger partial charge in [0.1, 0.15) is 0 Å². The molecule has 1 atom stereocenters. The SMILES string of the molecule is CC[C@H]1CCCCN1C(=O)Nc1ccccc1Br. The first-order valence-electron chi connectivity index (χ1n) is 6.54. The van der Waals surface area contributed by atoms with Crippen LogP contribution in [-0.2, 0) is 0 Å². The van der Waals surface area contributed by atoms with E-state index in [2.05, 4.69) is 28.2 Å². The van der Waals surface area contributed by atoms with E-state index in [1.807, 2.05) is 29.2 Å². The average Bonchev–Trinajstić information content (AvgIpc) is 2.41. The van der Waals surface area contributed by atoms with Gasteiger partial charge in [0.05, 0.1) is 5.69 Å². The van der Waals surface area contributed by atoms with Crippen LogP contribution in [0.1, 0.15) is 32.6 Å². The van der Waals surface area contributed by atoms with Gasteiger partial charge in [-0.25, -0.2) is 4.79 Å². The minimum atomic E-state index is 0.0217. The van der Waals surface area contributed by atoms with Crippen molar-refractivity contribution in [2.24, 2.45) is 0 Å². The quantitative estimate of drug-likeness (QED) is 0.870. The molecule has 1 fully saturated rings. The predicted molar refractivity (Wildman–Crippen MR) is 77.8 cm³/mol. The Morgan fingerprint density at radius 3 is 2.94 bits per heavy atom. The number of urea groups is 1. The maximum absolute atomic E-state index is 12.3. The lowest BCUT2D eigenvalue weighted by molar-refractivity contribution is 0.160. The summed E-state index contributed by atoms with van der Waals surface area (Å²) in [6.45, 7) is 3.02. The van der Waals surface area contributed by atoms with E-state index in [-0.39, 0.29) is 6.03 Å². The molecular formula is C14H19BrN2O. The minimum absolute atomic E-state index is 0.0217. The van der Waals surface area contributed by atoms with Crippen LogP contribution in [0.3, 0.4) is 0 Å². The van der Waals surface area contributed by atoms with Gasteiger partial charge >= 0.3 is 6.03 Å². The summed E-state index contributed by atoms with van der Waals surface area (Å²) in [6.07, 6.45) is 4.50. The molecule has 1 N–H and O–H groups in total. The number of para-hydroxylation sites is 1. The molecule has 2 amide bonds. The van der Waals surface area contributed by atoms with Crippen molar-refractivity contribution in [2.75, 3.05) is 11.9 Å². The highest BCUT2D eigenvalue weighted by atomic mass is 79.9. The van der Waals surface area contributed by atoms with Crippen LogP contribution in [0.2, 0.25) is 0 Å². The van der Waals surface area contributed by atoms with E-state index >= 15 is 0 Å². The molecule has 0 saturated carbocycles. The fourth-order valence-corrected chi connectivity index (χ4v) is 2.83. The van der Waals surface area contributed by atoms with E-state index in [4.69, 9.17) is 0 Å². The van der Waals surface area contributed by atoms with Crippen LogP contribution >= 0.6 is 15.9 Å². The lowest BCUT2D eigenvalue weighted by Gasteiger charge is -2.35. The molecule has 1 aliphatic rings. The fourth-order valence-electron chi connectivity index (χ4n) is 2.44. The van der Waals surface area contributed by atoms with Crippen molar-refractivity contribution in [3.63, 3.8) is 0 Å². The van der Waals surface area contributed by atoms with Crippen LogP contribution in [0.5, 0.6) is 0 Å². The topological polar surface area (TPSA) is 32.3 Å². The first kappa shape index (κ1) is 13.4. The lowest BCUT2D eigenvalue weighted by Crippen LogP contribution is -2.45. The van der Waals surface area contributed by atoms with E-state index in [1.54, 1.807) is 0 Å². The van der Waals surface area contributed by atoms with E-state index in [1.165, 1.54) is 6.42 Å². The number of piperidine rings is 1. The summed E-state index contributed by atoms with van der Waals surface area (Å²) >= 11 is 3.45. The number of likely N-dealkylation sites (tertiary alicyclic amines) is 1. The van der Waals surface area contributed by atoms with Gasteiger partial charge < -0.3 is 10.2 Å².